The minimum Gasteiger partial charge on any atom is -0.352 e. The van der Waals surface area contributed by atoms with Crippen LogP contribution in [-0.4, -0.2) is 49.1 Å². The SMILES string of the molecule is O=C(NC1CCN(C2CC2)C1)[C@H]1CCCNC1. The summed E-state index contributed by atoms with van der Waals surface area (Å²) < 4.78 is 0. The molecule has 3 aliphatic rings. The van der Waals surface area contributed by atoms with Crippen LogP contribution in [0.4, 0.5) is 0 Å². The Morgan fingerprint density at radius 2 is 2.12 bits per heavy atom. The monoisotopic (exact) mass is 237 g/mol. The molecule has 2 N–H and O–H groups in total. The van der Waals surface area contributed by atoms with E-state index in [1.54, 1.807) is 0 Å². The van der Waals surface area contributed by atoms with Crippen LogP contribution in [0.1, 0.15) is 32.1 Å². The molecule has 4 heteroatoms. The maximum absolute atomic E-state index is 12.1. The first-order valence-corrected chi connectivity index (χ1v) is 7.08. The van der Waals surface area contributed by atoms with Crippen LogP contribution in [0.2, 0.25) is 0 Å². The topological polar surface area (TPSA) is 44.4 Å². The van der Waals surface area contributed by atoms with E-state index < -0.39 is 0 Å². The lowest BCUT2D eigenvalue weighted by molar-refractivity contribution is -0.126. The number of rotatable bonds is 3. The van der Waals surface area contributed by atoms with E-state index in [1.807, 2.05) is 0 Å². The molecule has 0 bridgehead atoms. The van der Waals surface area contributed by atoms with Crippen LogP contribution in [0.5, 0.6) is 0 Å². The van der Waals surface area contributed by atoms with Crippen molar-refractivity contribution in [1.82, 2.24) is 15.5 Å². The first-order chi connectivity index (χ1) is 8.33. The molecule has 1 unspecified atom stereocenters. The molecule has 0 aromatic carbocycles. The van der Waals surface area contributed by atoms with Gasteiger partial charge in [0, 0.05) is 31.7 Å². The van der Waals surface area contributed by atoms with Gasteiger partial charge in [-0.2, -0.15) is 0 Å². The molecule has 1 aliphatic carbocycles. The van der Waals surface area contributed by atoms with Crippen LogP contribution >= 0.6 is 0 Å². The minimum absolute atomic E-state index is 0.207. The molecule has 3 fully saturated rings. The highest BCUT2D eigenvalue weighted by molar-refractivity contribution is 5.79. The summed E-state index contributed by atoms with van der Waals surface area (Å²) >= 11 is 0. The lowest BCUT2D eigenvalue weighted by atomic mass is 9.98. The van der Waals surface area contributed by atoms with Crippen LogP contribution in [0, 0.1) is 5.92 Å². The van der Waals surface area contributed by atoms with Crippen molar-refractivity contribution >= 4 is 5.91 Å². The van der Waals surface area contributed by atoms with E-state index in [1.165, 1.54) is 19.4 Å². The fourth-order valence-electron chi connectivity index (χ4n) is 3.07. The Morgan fingerprint density at radius 3 is 2.82 bits per heavy atom. The molecule has 1 amide bonds. The molecular weight excluding hydrogens is 214 g/mol. The highest BCUT2D eigenvalue weighted by Gasteiger charge is 2.35. The van der Waals surface area contributed by atoms with E-state index in [4.69, 9.17) is 0 Å². The predicted octanol–water partition coefficient (Wildman–Crippen LogP) is 0.339. The fraction of sp³-hybridized carbons (Fsp3) is 0.923. The zero-order valence-corrected chi connectivity index (χ0v) is 10.5. The largest absolute Gasteiger partial charge is 0.352 e. The highest BCUT2D eigenvalue weighted by atomic mass is 16.2. The van der Waals surface area contributed by atoms with Crippen LogP contribution in [0.25, 0.3) is 0 Å². The number of amides is 1. The normalized spacial score (nSPS) is 34.8. The number of carbonyl (C=O) groups excluding carboxylic acids is 1. The second kappa shape index (κ2) is 4.94. The molecule has 0 aromatic rings. The van der Waals surface area contributed by atoms with Crippen molar-refractivity contribution < 1.29 is 4.79 Å². The third kappa shape index (κ3) is 2.80. The molecule has 17 heavy (non-hydrogen) atoms. The van der Waals surface area contributed by atoms with Gasteiger partial charge in [-0.25, -0.2) is 0 Å². The predicted molar refractivity (Wildman–Crippen MR) is 66.7 cm³/mol. The van der Waals surface area contributed by atoms with Crippen LogP contribution in [-0.2, 0) is 4.79 Å². The third-order valence-electron chi connectivity index (χ3n) is 4.30. The third-order valence-corrected chi connectivity index (χ3v) is 4.30. The number of nitrogens with zero attached hydrogens (tertiary/aromatic N) is 1. The molecule has 4 nitrogen and oxygen atoms in total. The van der Waals surface area contributed by atoms with Crippen molar-refractivity contribution in [2.45, 2.75) is 44.2 Å². The van der Waals surface area contributed by atoms with Gasteiger partial charge in [0.2, 0.25) is 5.91 Å². The summed E-state index contributed by atoms with van der Waals surface area (Å²) in [5.41, 5.74) is 0. The number of piperidine rings is 1. The molecule has 96 valence electrons. The van der Waals surface area contributed by atoms with Gasteiger partial charge in [-0.3, -0.25) is 9.69 Å². The van der Waals surface area contributed by atoms with Gasteiger partial charge < -0.3 is 10.6 Å². The maximum atomic E-state index is 12.1. The van der Waals surface area contributed by atoms with Crippen molar-refractivity contribution in [3.63, 3.8) is 0 Å². The summed E-state index contributed by atoms with van der Waals surface area (Å²) in [7, 11) is 0. The van der Waals surface area contributed by atoms with Gasteiger partial charge >= 0.3 is 0 Å². The van der Waals surface area contributed by atoms with Gasteiger partial charge in [-0.05, 0) is 38.6 Å². The molecule has 3 rings (SSSR count). The van der Waals surface area contributed by atoms with Crippen molar-refractivity contribution in [3.8, 4) is 0 Å². The summed E-state index contributed by atoms with van der Waals surface area (Å²) in [6, 6.07) is 1.25. The summed E-state index contributed by atoms with van der Waals surface area (Å²) in [6.45, 7) is 4.20. The van der Waals surface area contributed by atoms with E-state index in [-0.39, 0.29) is 11.8 Å². The Balaban J connectivity index is 1.44. The van der Waals surface area contributed by atoms with Crippen LogP contribution < -0.4 is 10.6 Å². The van der Waals surface area contributed by atoms with Crippen LogP contribution in [0.15, 0.2) is 0 Å². The Morgan fingerprint density at radius 1 is 1.24 bits per heavy atom. The number of carbonyl (C=O) groups is 1. The van der Waals surface area contributed by atoms with Crippen LogP contribution in [0.3, 0.4) is 0 Å². The fourth-order valence-corrected chi connectivity index (χ4v) is 3.07. The van der Waals surface area contributed by atoms with Gasteiger partial charge in [-0.15, -0.1) is 0 Å². The molecule has 0 spiro atoms. The average Bonchev–Trinajstić information content (AvgIpc) is 3.12. The molecule has 2 saturated heterocycles. The second-order valence-electron chi connectivity index (χ2n) is 5.76. The lowest BCUT2D eigenvalue weighted by Gasteiger charge is -2.24. The van der Waals surface area contributed by atoms with Gasteiger partial charge in [-0.1, -0.05) is 0 Å². The van der Waals surface area contributed by atoms with Crippen molar-refractivity contribution in [2.75, 3.05) is 26.2 Å². The summed E-state index contributed by atoms with van der Waals surface area (Å²) in [5.74, 6) is 0.485. The van der Waals surface area contributed by atoms with Crippen molar-refractivity contribution in [3.05, 3.63) is 0 Å². The van der Waals surface area contributed by atoms with E-state index in [0.717, 1.165) is 44.9 Å². The van der Waals surface area contributed by atoms with Crippen molar-refractivity contribution in [1.29, 1.82) is 0 Å². The quantitative estimate of drug-likeness (QED) is 0.744. The Bertz CT molecular complexity index is 284. The lowest BCUT2D eigenvalue weighted by Crippen LogP contribution is -2.45. The molecule has 0 radical (unpaired) electrons. The Hall–Kier alpha value is -0.610. The van der Waals surface area contributed by atoms with E-state index >= 15 is 0 Å². The maximum Gasteiger partial charge on any atom is 0.224 e. The number of hydrogen-bond acceptors (Lipinski definition) is 3. The Labute approximate surface area is 103 Å². The molecule has 1 saturated carbocycles. The first-order valence-electron chi connectivity index (χ1n) is 7.08. The van der Waals surface area contributed by atoms with Crippen molar-refractivity contribution in [2.24, 2.45) is 5.92 Å². The van der Waals surface area contributed by atoms with E-state index in [0.29, 0.717) is 6.04 Å². The number of likely N-dealkylation sites (tertiary alicyclic amines) is 1. The summed E-state index contributed by atoms with van der Waals surface area (Å²) in [6.07, 6.45) is 6.07. The average molecular weight is 237 g/mol. The zero-order valence-electron chi connectivity index (χ0n) is 10.5. The molecule has 2 atom stereocenters. The summed E-state index contributed by atoms with van der Waals surface area (Å²) in [5, 5.41) is 6.55. The molecule has 2 aliphatic heterocycles. The smallest absolute Gasteiger partial charge is 0.224 e. The Kier molecular flexibility index (Phi) is 3.34. The van der Waals surface area contributed by atoms with E-state index in [2.05, 4.69) is 15.5 Å². The molecular formula is C13H23N3O. The van der Waals surface area contributed by atoms with Gasteiger partial charge in [0.1, 0.15) is 0 Å². The standard InChI is InChI=1S/C13H23N3O/c17-13(10-2-1-6-14-8-10)15-11-5-7-16(9-11)12-3-4-12/h10-12,14H,1-9H2,(H,15,17)/t10-,11?/m0/s1. The van der Waals surface area contributed by atoms with Gasteiger partial charge in [0.05, 0.1) is 5.92 Å². The number of nitrogens with one attached hydrogen (secondary N) is 2. The number of hydrogen-bond donors (Lipinski definition) is 2. The first kappa shape index (κ1) is 11.5. The summed E-state index contributed by atoms with van der Waals surface area (Å²) in [4.78, 5) is 14.6. The minimum atomic E-state index is 0.207. The van der Waals surface area contributed by atoms with E-state index in [9.17, 15) is 4.79 Å². The molecule has 0 aromatic heterocycles. The second-order valence-corrected chi connectivity index (χ2v) is 5.76. The molecule has 2 heterocycles. The van der Waals surface area contributed by atoms with Gasteiger partial charge in [0.25, 0.3) is 0 Å². The van der Waals surface area contributed by atoms with Gasteiger partial charge in [0.15, 0.2) is 0 Å². The highest BCUT2D eigenvalue weighted by Crippen LogP contribution is 2.29. The zero-order chi connectivity index (χ0) is 11.7.